The van der Waals surface area contributed by atoms with E-state index in [1.165, 1.54) is 4.58 Å². The first kappa shape index (κ1) is 20.4. The van der Waals surface area contributed by atoms with Crippen LogP contribution in [-0.4, -0.2) is 39.1 Å². The molecule has 2 heterocycles. The fraction of sp³-hybridized carbons (Fsp3) is 0.409. The number of pyridine rings is 2. The van der Waals surface area contributed by atoms with Crippen molar-refractivity contribution in [3.63, 3.8) is 0 Å². The summed E-state index contributed by atoms with van der Waals surface area (Å²) >= 11 is 0. The summed E-state index contributed by atoms with van der Waals surface area (Å²) in [7, 11) is 0. The predicted octanol–water partition coefficient (Wildman–Crippen LogP) is 3.02. The van der Waals surface area contributed by atoms with Gasteiger partial charge in [0.05, 0.1) is 0 Å². The molecule has 1 saturated carbocycles. The molecule has 7 heteroatoms. The van der Waals surface area contributed by atoms with Gasteiger partial charge in [0, 0.05) is 23.9 Å². The van der Waals surface area contributed by atoms with Gasteiger partial charge in [0.15, 0.2) is 0 Å². The molecule has 2 aromatic heterocycles. The molecule has 0 aliphatic heterocycles. The molecule has 0 radical (unpaired) electrons. The van der Waals surface area contributed by atoms with Crippen molar-refractivity contribution >= 4 is 17.8 Å². The Labute approximate surface area is 170 Å². The zero-order chi connectivity index (χ0) is 20.6. The highest BCUT2D eigenvalue weighted by Gasteiger charge is 2.25. The lowest BCUT2D eigenvalue weighted by molar-refractivity contribution is -0.444. The van der Waals surface area contributed by atoms with Crippen molar-refractivity contribution in [3.8, 4) is 6.07 Å². The smallest absolute Gasteiger partial charge is 0.335 e. The largest absolute Gasteiger partial charge is 0.348 e. The number of nitriles is 1. The van der Waals surface area contributed by atoms with Crippen molar-refractivity contribution in [3.05, 3.63) is 53.5 Å². The van der Waals surface area contributed by atoms with Crippen molar-refractivity contribution in [2.45, 2.75) is 45.1 Å². The third-order valence-electron chi connectivity index (χ3n) is 5.24. The Morgan fingerprint density at radius 1 is 1.24 bits per heavy atom. The Balaban J connectivity index is 1.56. The Kier molecular flexibility index (Phi) is 6.83. The first-order valence-corrected chi connectivity index (χ1v) is 9.86. The molecule has 3 rings (SSSR count). The van der Waals surface area contributed by atoms with E-state index < -0.39 is 0 Å². The van der Waals surface area contributed by atoms with Gasteiger partial charge in [-0.3, -0.25) is 4.79 Å². The topological polar surface area (TPSA) is 98.8 Å². The van der Waals surface area contributed by atoms with Gasteiger partial charge in [0.2, 0.25) is 0 Å². The van der Waals surface area contributed by atoms with Crippen molar-refractivity contribution in [2.75, 3.05) is 6.54 Å². The minimum absolute atomic E-state index is 0.109. The second kappa shape index (κ2) is 9.72. The van der Waals surface area contributed by atoms with Crippen LogP contribution in [-0.2, 0) is 4.79 Å². The van der Waals surface area contributed by atoms with Gasteiger partial charge in [-0.25, -0.2) is 4.98 Å². The fourth-order valence-electron chi connectivity index (χ4n) is 3.77. The molecule has 0 bridgehead atoms. The molecule has 1 fully saturated rings. The molecule has 1 aliphatic carbocycles. The molecular formula is C22H24N5O2+. The summed E-state index contributed by atoms with van der Waals surface area (Å²) in [6.07, 6.45) is 6.62. The van der Waals surface area contributed by atoms with Gasteiger partial charge in [-0.1, -0.05) is 18.9 Å². The Hall–Kier alpha value is -3.36. The molecule has 0 aromatic carbocycles. The molecule has 0 saturated heterocycles. The first-order chi connectivity index (χ1) is 14.1. The third kappa shape index (κ3) is 5.56. The molecule has 1 aliphatic rings. The van der Waals surface area contributed by atoms with Gasteiger partial charge in [0.25, 0.3) is 11.6 Å². The van der Waals surface area contributed by atoms with Crippen LogP contribution in [0.5, 0.6) is 0 Å². The van der Waals surface area contributed by atoms with E-state index in [0.717, 1.165) is 37.8 Å². The van der Waals surface area contributed by atoms with Gasteiger partial charge >= 0.3 is 11.9 Å². The van der Waals surface area contributed by atoms with Gasteiger partial charge in [-0.05, 0) is 55.3 Å². The Bertz CT molecular complexity index is 975. The van der Waals surface area contributed by atoms with Crippen molar-refractivity contribution < 1.29 is 14.2 Å². The number of hydrogen-bond donors (Lipinski definition) is 1. The van der Waals surface area contributed by atoms with Crippen molar-refractivity contribution in [1.29, 1.82) is 5.26 Å². The van der Waals surface area contributed by atoms with Crippen LogP contribution in [0.1, 0.15) is 54.0 Å². The Morgan fingerprint density at radius 2 is 2.07 bits per heavy atom. The summed E-state index contributed by atoms with van der Waals surface area (Å²) in [5.74, 6) is 0.694. The summed E-state index contributed by atoms with van der Waals surface area (Å²) in [6.45, 7) is 2.35. The second-order valence-corrected chi connectivity index (χ2v) is 7.39. The highest BCUT2D eigenvalue weighted by molar-refractivity contribution is 5.92. The fourth-order valence-corrected chi connectivity index (χ4v) is 3.77. The minimum atomic E-state index is -0.139. The SMILES string of the molecule is Cc1cccc(C(=O)NC2CCCC(CC[N+](=C=O)c3cccc(C#N)n3)C2)n1. The van der Waals surface area contributed by atoms with E-state index >= 15 is 0 Å². The lowest BCUT2D eigenvalue weighted by Crippen LogP contribution is -2.39. The molecule has 2 atom stereocenters. The van der Waals surface area contributed by atoms with E-state index in [-0.39, 0.29) is 17.6 Å². The maximum atomic E-state index is 12.5. The lowest BCUT2D eigenvalue weighted by Gasteiger charge is -2.29. The van der Waals surface area contributed by atoms with Crippen LogP contribution >= 0.6 is 0 Å². The summed E-state index contributed by atoms with van der Waals surface area (Å²) < 4.78 is 1.42. The maximum absolute atomic E-state index is 12.5. The summed E-state index contributed by atoms with van der Waals surface area (Å²) in [5.41, 5.74) is 1.53. The normalized spacial score (nSPS) is 18.3. The van der Waals surface area contributed by atoms with E-state index in [1.807, 2.05) is 31.2 Å². The Morgan fingerprint density at radius 3 is 2.83 bits per heavy atom. The van der Waals surface area contributed by atoms with E-state index in [4.69, 9.17) is 5.26 Å². The zero-order valence-corrected chi connectivity index (χ0v) is 16.5. The van der Waals surface area contributed by atoms with Crippen LogP contribution in [0.4, 0.5) is 5.82 Å². The maximum Gasteiger partial charge on any atom is 0.335 e. The molecule has 2 aromatic rings. The third-order valence-corrected chi connectivity index (χ3v) is 5.24. The summed E-state index contributed by atoms with van der Waals surface area (Å²) in [4.78, 5) is 32.3. The van der Waals surface area contributed by atoms with Gasteiger partial charge in [-0.2, -0.15) is 14.6 Å². The number of nitrogens with one attached hydrogen (secondary N) is 1. The number of carbonyl (C=O) groups excluding carboxylic acids is 2. The van der Waals surface area contributed by atoms with Crippen LogP contribution in [0.25, 0.3) is 0 Å². The molecular weight excluding hydrogens is 366 g/mol. The number of aromatic nitrogens is 2. The van der Waals surface area contributed by atoms with Gasteiger partial charge < -0.3 is 5.32 Å². The van der Waals surface area contributed by atoms with Crippen LogP contribution < -0.4 is 5.32 Å². The quantitative estimate of drug-likeness (QED) is 0.464. The van der Waals surface area contributed by atoms with Gasteiger partial charge in [0.1, 0.15) is 18.3 Å². The van der Waals surface area contributed by atoms with Crippen LogP contribution in [0, 0.1) is 24.2 Å². The number of rotatable bonds is 6. The van der Waals surface area contributed by atoms with E-state index in [1.54, 1.807) is 24.3 Å². The summed E-state index contributed by atoms with van der Waals surface area (Å²) in [6, 6.07) is 12.5. The number of aryl methyl sites for hydroxylation is 1. The lowest BCUT2D eigenvalue weighted by atomic mass is 9.83. The van der Waals surface area contributed by atoms with Crippen molar-refractivity contribution in [1.82, 2.24) is 15.3 Å². The average Bonchev–Trinajstić information content (AvgIpc) is 2.74. The van der Waals surface area contributed by atoms with E-state index in [9.17, 15) is 9.59 Å². The predicted molar refractivity (Wildman–Crippen MR) is 106 cm³/mol. The summed E-state index contributed by atoms with van der Waals surface area (Å²) in [5, 5.41) is 12.1. The second-order valence-electron chi connectivity index (χ2n) is 7.39. The standard InChI is InChI=1S/C22H23N5O2/c1-16-5-2-9-20(24-16)22(29)26-18-7-3-6-17(13-18)11-12-27(15-28)21-10-4-8-19(14-23)25-21/h2,4-5,8-10,17-18H,3,6-7,11-13H2,1H3/p+1. The molecule has 2 unspecified atom stereocenters. The van der Waals surface area contributed by atoms with Crippen molar-refractivity contribution in [2.24, 2.45) is 5.92 Å². The van der Waals surface area contributed by atoms with Crippen LogP contribution in [0.15, 0.2) is 36.4 Å². The molecule has 1 amide bonds. The first-order valence-electron chi connectivity index (χ1n) is 9.86. The monoisotopic (exact) mass is 390 g/mol. The molecule has 148 valence electrons. The number of carbonyl (C=O) groups is 1. The van der Waals surface area contributed by atoms with Crippen LogP contribution in [0.2, 0.25) is 0 Å². The molecule has 1 N–H and O–H groups in total. The number of amides is 1. The molecule has 7 nitrogen and oxygen atoms in total. The highest BCUT2D eigenvalue weighted by Crippen LogP contribution is 2.27. The number of isocyanates is 1. The zero-order valence-electron chi connectivity index (χ0n) is 16.5. The molecule has 0 spiro atoms. The minimum Gasteiger partial charge on any atom is -0.348 e. The van der Waals surface area contributed by atoms with E-state index in [0.29, 0.717) is 24.0 Å². The van der Waals surface area contributed by atoms with E-state index in [2.05, 4.69) is 15.3 Å². The average molecular weight is 390 g/mol. The molecule has 29 heavy (non-hydrogen) atoms. The highest BCUT2D eigenvalue weighted by atomic mass is 16.2. The van der Waals surface area contributed by atoms with Gasteiger partial charge in [-0.15, -0.1) is 0 Å². The number of hydrogen-bond acceptors (Lipinski definition) is 5. The number of nitrogens with zero attached hydrogens (tertiary/aromatic N) is 4. The van der Waals surface area contributed by atoms with Crippen LogP contribution in [0.3, 0.4) is 0 Å².